The van der Waals surface area contributed by atoms with Gasteiger partial charge < -0.3 is 19.9 Å². The third kappa shape index (κ3) is 4.47. The number of hydrogen-bond donors (Lipinski definition) is 2. The highest BCUT2D eigenvalue weighted by Crippen LogP contribution is 2.32. The Morgan fingerprint density at radius 1 is 1.45 bits per heavy atom. The van der Waals surface area contributed by atoms with Crippen LogP contribution < -0.4 is 5.32 Å². The second-order valence-corrected chi connectivity index (χ2v) is 5.67. The number of rotatable bonds is 7. The average molecular weight is 279 g/mol. The van der Waals surface area contributed by atoms with Crippen molar-refractivity contribution in [2.24, 2.45) is 5.41 Å². The third-order valence-corrected chi connectivity index (χ3v) is 3.88. The van der Waals surface area contributed by atoms with Crippen molar-refractivity contribution in [1.29, 1.82) is 0 Å². The number of phenolic OH excluding ortho intramolecular Hbond substituents is 1. The molecule has 112 valence electrons. The maximum Gasteiger partial charge on any atom is 0.115 e. The van der Waals surface area contributed by atoms with Crippen LogP contribution in [0.2, 0.25) is 0 Å². The summed E-state index contributed by atoms with van der Waals surface area (Å²) in [5.41, 5.74) is 1.30. The number of hydrogen-bond acceptors (Lipinski definition) is 4. The Labute approximate surface area is 121 Å². The highest BCUT2D eigenvalue weighted by Gasteiger charge is 2.32. The zero-order valence-electron chi connectivity index (χ0n) is 12.2. The normalized spacial score (nSPS) is 22.9. The van der Waals surface area contributed by atoms with Gasteiger partial charge in [-0.05, 0) is 37.0 Å². The first-order valence-corrected chi connectivity index (χ1v) is 7.29. The molecule has 0 radical (unpaired) electrons. The lowest BCUT2D eigenvalue weighted by molar-refractivity contribution is -0.00771. The Morgan fingerprint density at radius 3 is 3.05 bits per heavy atom. The van der Waals surface area contributed by atoms with E-state index in [9.17, 15) is 5.11 Å². The van der Waals surface area contributed by atoms with Gasteiger partial charge in [0.15, 0.2) is 0 Å². The predicted molar refractivity (Wildman–Crippen MR) is 79.0 cm³/mol. The summed E-state index contributed by atoms with van der Waals surface area (Å²) in [4.78, 5) is 0. The first-order chi connectivity index (χ1) is 9.74. The van der Waals surface area contributed by atoms with Gasteiger partial charge in [-0.25, -0.2) is 0 Å². The van der Waals surface area contributed by atoms with Gasteiger partial charge in [-0.3, -0.25) is 0 Å². The summed E-state index contributed by atoms with van der Waals surface area (Å²) >= 11 is 0. The first kappa shape index (κ1) is 15.3. The smallest absolute Gasteiger partial charge is 0.115 e. The molecule has 1 heterocycles. The molecule has 2 rings (SSSR count). The van der Waals surface area contributed by atoms with Gasteiger partial charge in [0.2, 0.25) is 0 Å². The van der Waals surface area contributed by atoms with E-state index < -0.39 is 0 Å². The summed E-state index contributed by atoms with van der Waals surface area (Å²) in [6, 6.07) is 7.54. The lowest BCUT2D eigenvalue weighted by Gasteiger charge is -2.37. The number of ether oxygens (including phenoxy) is 2. The first-order valence-electron chi connectivity index (χ1n) is 7.29. The van der Waals surface area contributed by atoms with Crippen molar-refractivity contribution in [2.75, 3.05) is 40.0 Å². The van der Waals surface area contributed by atoms with Crippen molar-refractivity contribution in [1.82, 2.24) is 5.32 Å². The van der Waals surface area contributed by atoms with Crippen molar-refractivity contribution < 1.29 is 14.6 Å². The topological polar surface area (TPSA) is 50.7 Å². The summed E-state index contributed by atoms with van der Waals surface area (Å²) in [7, 11) is 1.72. The van der Waals surface area contributed by atoms with Crippen LogP contribution >= 0.6 is 0 Å². The van der Waals surface area contributed by atoms with Gasteiger partial charge in [0.05, 0.1) is 13.2 Å². The maximum absolute atomic E-state index is 9.61. The van der Waals surface area contributed by atoms with Crippen LogP contribution in [0, 0.1) is 5.41 Å². The molecule has 0 amide bonds. The van der Waals surface area contributed by atoms with Crippen LogP contribution in [0.15, 0.2) is 24.3 Å². The minimum absolute atomic E-state index is 0.125. The van der Waals surface area contributed by atoms with Crippen molar-refractivity contribution in [3.8, 4) is 5.75 Å². The Hall–Kier alpha value is -1.10. The minimum atomic E-state index is 0.125. The highest BCUT2D eigenvalue weighted by molar-refractivity contribution is 5.28. The molecule has 4 heteroatoms. The molecule has 1 fully saturated rings. The van der Waals surface area contributed by atoms with E-state index in [0.717, 1.165) is 52.2 Å². The number of methoxy groups -OCH3 is 1. The van der Waals surface area contributed by atoms with E-state index in [1.165, 1.54) is 5.56 Å². The number of benzene rings is 1. The molecule has 20 heavy (non-hydrogen) atoms. The summed E-state index contributed by atoms with van der Waals surface area (Å²) in [5, 5.41) is 13.1. The maximum atomic E-state index is 9.61. The molecule has 1 saturated heterocycles. The molecule has 1 atom stereocenters. The van der Waals surface area contributed by atoms with Crippen LogP contribution in [0.3, 0.4) is 0 Å². The molecule has 2 N–H and O–H groups in total. The van der Waals surface area contributed by atoms with Gasteiger partial charge in [-0.1, -0.05) is 12.1 Å². The number of nitrogens with one attached hydrogen (secondary N) is 1. The molecular weight excluding hydrogens is 254 g/mol. The van der Waals surface area contributed by atoms with E-state index in [4.69, 9.17) is 9.47 Å². The quantitative estimate of drug-likeness (QED) is 0.749. The van der Waals surface area contributed by atoms with Gasteiger partial charge in [-0.2, -0.15) is 0 Å². The van der Waals surface area contributed by atoms with Crippen molar-refractivity contribution in [2.45, 2.75) is 19.3 Å². The van der Waals surface area contributed by atoms with Crippen LogP contribution in [-0.4, -0.2) is 45.1 Å². The van der Waals surface area contributed by atoms with Crippen LogP contribution in [0.1, 0.15) is 18.4 Å². The molecule has 0 bridgehead atoms. The lowest BCUT2D eigenvalue weighted by Crippen LogP contribution is -2.43. The summed E-state index contributed by atoms with van der Waals surface area (Å²) in [6.45, 7) is 4.15. The SMILES string of the molecule is COCCNCC1(Cc2cccc(O)c2)CCCOC1. The molecule has 1 aliphatic heterocycles. The molecule has 1 unspecified atom stereocenters. The van der Waals surface area contributed by atoms with Crippen molar-refractivity contribution >= 4 is 0 Å². The van der Waals surface area contributed by atoms with Gasteiger partial charge in [0.1, 0.15) is 5.75 Å². The Kier molecular flexibility index (Phi) is 5.83. The number of aromatic hydroxyl groups is 1. The van der Waals surface area contributed by atoms with E-state index in [1.54, 1.807) is 13.2 Å². The van der Waals surface area contributed by atoms with Gasteiger partial charge in [0.25, 0.3) is 0 Å². The van der Waals surface area contributed by atoms with E-state index in [-0.39, 0.29) is 5.41 Å². The average Bonchev–Trinajstić information content (AvgIpc) is 2.45. The second-order valence-electron chi connectivity index (χ2n) is 5.67. The van der Waals surface area contributed by atoms with E-state index in [0.29, 0.717) is 5.75 Å². The molecule has 0 aromatic heterocycles. The Bertz CT molecular complexity index is 402. The van der Waals surface area contributed by atoms with Crippen molar-refractivity contribution in [3.63, 3.8) is 0 Å². The van der Waals surface area contributed by atoms with Gasteiger partial charge in [-0.15, -0.1) is 0 Å². The molecular formula is C16H25NO3. The highest BCUT2D eigenvalue weighted by atomic mass is 16.5. The summed E-state index contributed by atoms with van der Waals surface area (Å²) < 4.78 is 10.8. The monoisotopic (exact) mass is 279 g/mol. The van der Waals surface area contributed by atoms with Crippen LogP contribution in [0.4, 0.5) is 0 Å². The number of phenols is 1. The van der Waals surface area contributed by atoms with Crippen molar-refractivity contribution in [3.05, 3.63) is 29.8 Å². The standard InChI is InChI=1S/C16H25NO3/c1-19-9-7-17-12-16(6-3-8-20-13-16)11-14-4-2-5-15(18)10-14/h2,4-5,10,17-18H,3,6-9,11-13H2,1H3. The Morgan fingerprint density at radius 2 is 2.35 bits per heavy atom. The van der Waals surface area contributed by atoms with Gasteiger partial charge >= 0.3 is 0 Å². The fraction of sp³-hybridized carbons (Fsp3) is 0.625. The largest absolute Gasteiger partial charge is 0.508 e. The molecule has 0 aliphatic carbocycles. The lowest BCUT2D eigenvalue weighted by atomic mass is 9.77. The molecule has 1 aromatic rings. The zero-order chi connectivity index (χ0) is 14.3. The van der Waals surface area contributed by atoms with E-state index >= 15 is 0 Å². The zero-order valence-corrected chi connectivity index (χ0v) is 12.2. The molecule has 1 aliphatic rings. The van der Waals surface area contributed by atoms with E-state index in [2.05, 4.69) is 11.4 Å². The molecule has 0 spiro atoms. The Balaban J connectivity index is 1.98. The minimum Gasteiger partial charge on any atom is -0.508 e. The fourth-order valence-electron chi connectivity index (χ4n) is 2.88. The predicted octanol–water partition coefficient (Wildman–Crippen LogP) is 1.97. The van der Waals surface area contributed by atoms with Crippen LogP contribution in [0.25, 0.3) is 0 Å². The third-order valence-electron chi connectivity index (χ3n) is 3.88. The van der Waals surface area contributed by atoms with Gasteiger partial charge in [0, 0.05) is 32.2 Å². The molecule has 1 aromatic carbocycles. The van der Waals surface area contributed by atoms with E-state index in [1.807, 2.05) is 12.1 Å². The van der Waals surface area contributed by atoms with Crippen LogP contribution in [0.5, 0.6) is 5.75 Å². The molecule has 4 nitrogen and oxygen atoms in total. The summed E-state index contributed by atoms with van der Waals surface area (Å²) in [5.74, 6) is 0.335. The summed E-state index contributed by atoms with van der Waals surface area (Å²) in [6.07, 6.45) is 3.19. The fourth-order valence-corrected chi connectivity index (χ4v) is 2.88. The van der Waals surface area contributed by atoms with Crippen LogP contribution in [-0.2, 0) is 15.9 Å². The molecule has 0 saturated carbocycles. The second kappa shape index (κ2) is 7.62.